The van der Waals surface area contributed by atoms with E-state index in [9.17, 15) is 13.2 Å². The molecule has 5 nitrogen and oxygen atoms in total. The van der Waals surface area contributed by atoms with E-state index in [0.29, 0.717) is 25.9 Å². The van der Waals surface area contributed by atoms with Crippen LogP contribution in [0.5, 0.6) is 0 Å². The maximum absolute atomic E-state index is 12.2. The van der Waals surface area contributed by atoms with Gasteiger partial charge < -0.3 is 5.32 Å². The molecule has 1 aliphatic rings. The van der Waals surface area contributed by atoms with Gasteiger partial charge >= 0.3 is 0 Å². The van der Waals surface area contributed by atoms with E-state index in [2.05, 4.69) is 5.32 Å². The average molecular weight is 310 g/mol. The number of hydrogen-bond acceptors (Lipinski definition) is 3. The van der Waals surface area contributed by atoms with Gasteiger partial charge in [-0.05, 0) is 44.4 Å². The van der Waals surface area contributed by atoms with E-state index in [1.54, 1.807) is 6.92 Å². The molecular weight excluding hydrogens is 288 g/mol. The molecule has 0 spiro atoms. The molecule has 0 atom stereocenters. The Hall–Kier alpha value is -1.40. The maximum Gasteiger partial charge on any atom is 0.227 e. The van der Waals surface area contributed by atoms with Gasteiger partial charge in [0.25, 0.3) is 0 Å². The Balaban J connectivity index is 1.92. The van der Waals surface area contributed by atoms with Crippen molar-refractivity contribution in [1.29, 1.82) is 0 Å². The molecule has 6 heteroatoms. The molecule has 1 N–H and O–H groups in total. The van der Waals surface area contributed by atoms with Crippen LogP contribution in [-0.4, -0.2) is 37.5 Å². The van der Waals surface area contributed by atoms with Crippen LogP contribution in [0.3, 0.4) is 0 Å². The SMILES string of the molecule is CCS(=O)(=O)N1CCC(C(=O)Nc2cccc(C)c2)CC1. The summed E-state index contributed by atoms with van der Waals surface area (Å²) in [6.45, 7) is 4.49. The summed E-state index contributed by atoms with van der Waals surface area (Å²) in [4.78, 5) is 12.2. The second-order valence-electron chi connectivity index (χ2n) is 5.43. The van der Waals surface area contributed by atoms with Crippen LogP contribution in [-0.2, 0) is 14.8 Å². The van der Waals surface area contributed by atoms with Crippen molar-refractivity contribution in [3.63, 3.8) is 0 Å². The van der Waals surface area contributed by atoms with Crippen molar-refractivity contribution >= 4 is 21.6 Å². The lowest BCUT2D eigenvalue weighted by Gasteiger charge is -2.30. The van der Waals surface area contributed by atoms with Crippen molar-refractivity contribution in [3.8, 4) is 0 Å². The zero-order valence-corrected chi connectivity index (χ0v) is 13.3. The Morgan fingerprint density at radius 1 is 1.33 bits per heavy atom. The molecule has 21 heavy (non-hydrogen) atoms. The van der Waals surface area contributed by atoms with E-state index in [4.69, 9.17) is 0 Å². The summed E-state index contributed by atoms with van der Waals surface area (Å²) in [5.74, 6) is -0.0179. The smallest absolute Gasteiger partial charge is 0.227 e. The quantitative estimate of drug-likeness (QED) is 0.925. The van der Waals surface area contributed by atoms with Gasteiger partial charge in [0.1, 0.15) is 0 Å². The summed E-state index contributed by atoms with van der Waals surface area (Å²) in [6, 6.07) is 7.67. The van der Waals surface area contributed by atoms with Gasteiger partial charge in [-0.25, -0.2) is 12.7 Å². The topological polar surface area (TPSA) is 66.5 Å². The van der Waals surface area contributed by atoms with Crippen LogP contribution in [0.4, 0.5) is 5.69 Å². The van der Waals surface area contributed by atoms with Crippen molar-refractivity contribution in [2.24, 2.45) is 5.92 Å². The van der Waals surface area contributed by atoms with Crippen LogP contribution in [0.2, 0.25) is 0 Å². The van der Waals surface area contributed by atoms with Gasteiger partial charge in [-0.2, -0.15) is 0 Å². The number of carbonyl (C=O) groups is 1. The minimum absolute atomic E-state index is 0.0193. The molecule has 1 aromatic rings. The summed E-state index contributed by atoms with van der Waals surface area (Å²) < 4.78 is 25.1. The van der Waals surface area contributed by atoms with E-state index in [0.717, 1.165) is 11.3 Å². The zero-order valence-electron chi connectivity index (χ0n) is 12.5. The highest BCUT2D eigenvalue weighted by atomic mass is 32.2. The maximum atomic E-state index is 12.2. The molecule has 1 aromatic carbocycles. The van der Waals surface area contributed by atoms with Crippen molar-refractivity contribution in [2.45, 2.75) is 26.7 Å². The van der Waals surface area contributed by atoms with Crippen LogP contribution in [0.25, 0.3) is 0 Å². The predicted molar refractivity (Wildman–Crippen MR) is 83.6 cm³/mol. The Labute approximate surface area is 126 Å². The van der Waals surface area contributed by atoms with Gasteiger partial charge in [0.05, 0.1) is 5.75 Å². The van der Waals surface area contributed by atoms with E-state index >= 15 is 0 Å². The molecule has 0 radical (unpaired) electrons. The van der Waals surface area contributed by atoms with Crippen molar-refractivity contribution < 1.29 is 13.2 Å². The van der Waals surface area contributed by atoms with Gasteiger partial charge in [0.2, 0.25) is 15.9 Å². The summed E-state index contributed by atoms with van der Waals surface area (Å²) >= 11 is 0. The first-order valence-electron chi connectivity index (χ1n) is 7.27. The minimum Gasteiger partial charge on any atom is -0.326 e. The standard InChI is InChI=1S/C15H22N2O3S/c1-3-21(19,20)17-9-7-13(8-10-17)15(18)16-14-6-4-5-12(2)11-14/h4-6,11,13H,3,7-10H2,1-2H3,(H,16,18). The summed E-state index contributed by atoms with van der Waals surface area (Å²) in [6.07, 6.45) is 1.16. The minimum atomic E-state index is -3.13. The van der Waals surface area contributed by atoms with Gasteiger partial charge in [0, 0.05) is 24.7 Å². The molecular formula is C15H22N2O3S. The van der Waals surface area contributed by atoms with Gasteiger partial charge in [-0.15, -0.1) is 0 Å². The first kappa shape index (κ1) is 16.0. The number of anilines is 1. The number of aryl methyl sites for hydroxylation is 1. The molecule has 1 heterocycles. The molecule has 1 fully saturated rings. The van der Waals surface area contributed by atoms with Gasteiger partial charge in [-0.1, -0.05) is 12.1 Å². The van der Waals surface area contributed by atoms with Gasteiger partial charge in [0.15, 0.2) is 0 Å². The molecule has 1 saturated heterocycles. The van der Waals surface area contributed by atoms with E-state index in [1.165, 1.54) is 4.31 Å². The lowest BCUT2D eigenvalue weighted by molar-refractivity contribution is -0.120. The fraction of sp³-hybridized carbons (Fsp3) is 0.533. The normalized spacial score (nSPS) is 17.6. The molecule has 0 aromatic heterocycles. The number of nitrogens with zero attached hydrogens (tertiary/aromatic N) is 1. The fourth-order valence-electron chi connectivity index (χ4n) is 2.55. The number of hydrogen-bond donors (Lipinski definition) is 1. The molecule has 0 unspecified atom stereocenters. The summed E-state index contributed by atoms with van der Waals surface area (Å²) in [5.41, 5.74) is 1.89. The van der Waals surface area contributed by atoms with E-state index in [-0.39, 0.29) is 17.6 Å². The monoisotopic (exact) mass is 310 g/mol. The second kappa shape index (κ2) is 6.58. The number of nitrogens with one attached hydrogen (secondary N) is 1. The molecule has 0 saturated carbocycles. The fourth-order valence-corrected chi connectivity index (χ4v) is 3.68. The second-order valence-corrected chi connectivity index (χ2v) is 7.69. The lowest BCUT2D eigenvalue weighted by Crippen LogP contribution is -2.42. The van der Waals surface area contributed by atoms with Crippen LogP contribution in [0.1, 0.15) is 25.3 Å². The predicted octanol–water partition coefficient (Wildman–Crippen LogP) is 2.00. The number of rotatable bonds is 4. The number of carbonyl (C=O) groups excluding carboxylic acids is 1. The zero-order chi connectivity index (χ0) is 15.5. The number of benzene rings is 1. The van der Waals surface area contributed by atoms with Crippen LogP contribution >= 0.6 is 0 Å². The molecule has 0 bridgehead atoms. The molecule has 1 aliphatic heterocycles. The van der Waals surface area contributed by atoms with Gasteiger partial charge in [-0.3, -0.25) is 4.79 Å². The third-order valence-electron chi connectivity index (χ3n) is 3.87. The molecule has 2 rings (SSSR count). The van der Waals surface area contributed by atoms with E-state index < -0.39 is 10.0 Å². The number of piperidine rings is 1. The first-order chi connectivity index (χ1) is 9.92. The van der Waals surface area contributed by atoms with Crippen LogP contribution in [0, 0.1) is 12.8 Å². The Kier molecular flexibility index (Phi) is 5.00. The Morgan fingerprint density at radius 3 is 2.57 bits per heavy atom. The summed E-state index contributed by atoms with van der Waals surface area (Å²) in [7, 11) is -3.13. The van der Waals surface area contributed by atoms with Crippen molar-refractivity contribution in [2.75, 3.05) is 24.2 Å². The lowest BCUT2D eigenvalue weighted by atomic mass is 9.97. The Morgan fingerprint density at radius 2 is 2.00 bits per heavy atom. The van der Waals surface area contributed by atoms with E-state index in [1.807, 2.05) is 31.2 Å². The van der Waals surface area contributed by atoms with Crippen molar-refractivity contribution in [1.82, 2.24) is 4.31 Å². The Bertz CT molecular complexity index is 605. The highest BCUT2D eigenvalue weighted by molar-refractivity contribution is 7.89. The highest BCUT2D eigenvalue weighted by Gasteiger charge is 2.30. The van der Waals surface area contributed by atoms with Crippen molar-refractivity contribution in [3.05, 3.63) is 29.8 Å². The highest BCUT2D eigenvalue weighted by Crippen LogP contribution is 2.21. The third kappa shape index (κ3) is 4.04. The number of amides is 1. The first-order valence-corrected chi connectivity index (χ1v) is 8.88. The molecule has 1 amide bonds. The van der Waals surface area contributed by atoms with Crippen LogP contribution < -0.4 is 5.32 Å². The molecule has 0 aliphatic carbocycles. The average Bonchev–Trinajstić information content (AvgIpc) is 2.47. The largest absolute Gasteiger partial charge is 0.326 e. The summed E-state index contributed by atoms with van der Waals surface area (Å²) in [5, 5.41) is 2.91. The molecule has 116 valence electrons. The number of sulfonamides is 1. The third-order valence-corrected chi connectivity index (χ3v) is 5.75. The van der Waals surface area contributed by atoms with Crippen LogP contribution in [0.15, 0.2) is 24.3 Å².